The monoisotopic (exact) mass is 600 g/mol. The fraction of sp³-hybridized carbons (Fsp3) is 0.120. The molecule has 0 saturated carbocycles. The van der Waals surface area contributed by atoms with E-state index in [4.69, 9.17) is 21.1 Å². The molecule has 37 heavy (non-hydrogen) atoms. The molecular formula is C25H15BrClF5N2O3. The third-order valence-electron chi connectivity index (χ3n) is 5.30. The molecule has 0 fully saturated rings. The number of hydrogen-bond donors (Lipinski definition) is 0. The van der Waals surface area contributed by atoms with Gasteiger partial charge >= 0.3 is 0 Å². The quantitative estimate of drug-likeness (QED) is 0.130. The number of amides is 1. The van der Waals surface area contributed by atoms with Crippen LogP contribution in [-0.2, 0) is 11.4 Å². The van der Waals surface area contributed by atoms with Crippen molar-refractivity contribution in [3.05, 3.63) is 91.7 Å². The average Bonchev–Trinajstić information content (AvgIpc) is 3.13. The van der Waals surface area contributed by atoms with Crippen LogP contribution < -0.4 is 14.5 Å². The highest BCUT2D eigenvalue weighted by atomic mass is 79.9. The van der Waals surface area contributed by atoms with Crippen molar-refractivity contribution in [2.75, 3.05) is 12.1 Å². The zero-order valence-corrected chi connectivity index (χ0v) is 21.4. The van der Waals surface area contributed by atoms with Crippen LogP contribution >= 0.6 is 27.5 Å². The summed E-state index contributed by atoms with van der Waals surface area (Å²) in [5.74, 6) is -11.5. The van der Waals surface area contributed by atoms with Crippen molar-refractivity contribution in [3.63, 3.8) is 0 Å². The molecule has 192 valence electrons. The summed E-state index contributed by atoms with van der Waals surface area (Å²) in [6, 6.07) is 10.2. The molecule has 0 N–H and O–H groups in total. The number of anilines is 1. The smallest absolute Gasteiger partial charge is 0.280 e. The zero-order chi connectivity index (χ0) is 27.0. The first-order chi connectivity index (χ1) is 17.5. The fourth-order valence-corrected chi connectivity index (χ4v) is 4.31. The first-order valence-corrected chi connectivity index (χ1v) is 11.6. The summed E-state index contributed by atoms with van der Waals surface area (Å²) >= 11 is 9.39. The average molecular weight is 602 g/mol. The van der Waals surface area contributed by atoms with Gasteiger partial charge in [-0.15, -0.1) is 0 Å². The maximum absolute atomic E-state index is 14.3. The molecule has 4 rings (SSSR count). The molecule has 0 aliphatic carbocycles. The third-order valence-corrected chi connectivity index (χ3v) is 6.12. The molecule has 3 aromatic rings. The van der Waals surface area contributed by atoms with Crippen molar-refractivity contribution in [1.82, 2.24) is 0 Å². The Labute approximate surface area is 220 Å². The van der Waals surface area contributed by atoms with Crippen LogP contribution in [-0.4, -0.2) is 18.7 Å². The number of ether oxygens (including phenoxy) is 2. The summed E-state index contributed by atoms with van der Waals surface area (Å²) in [5.41, 5.74) is -0.399. The molecule has 0 saturated heterocycles. The first-order valence-electron chi connectivity index (χ1n) is 10.4. The fourth-order valence-electron chi connectivity index (χ4n) is 3.53. The van der Waals surface area contributed by atoms with Gasteiger partial charge in [0, 0.05) is 5.02 Å². The van der Waals surface area contributed by atoms with E-state index in [1.54, 1.807) is 24.3 Å². The molecule has 0 aromatic heterocycles. The summed E-state index contributed by atoms with van der Waals surface area (Å²) in [6.07, 6.45) is 1.33. The maximum atomic E-state index is 14.3. The van der Waals surface area contributed by atoms with Gasteiger partial charge in [0.15, 0.2) is 34.8 Å². The lowest BCUT2D eigenvalue weighted by Crippen LogP contribution is -2.25. The van der Waals surface area contributed by atoms with Crippen LogP contribution in [0.15, 0.2) is 51.5 Å². The normalized spacial score (nSPS) is 14.4. The Balaban J connectivity index is 1.66. The van der Waals surface area contributed by atoms with E-state index in [-0.39, 0.29) is 22.9 Å². The molecule has 5 nitrogen and oxygen atoms in total. The van der Waals surface area contributed by atoms with E-state index >= 15 is 0 Å². The van der Waals surface area contributed by atoms with Gasteiger partial charge in [0.05, 0.1) is 22.9 Å². The highest BCUT2D eigenvalue weighted by Crippen LogP contribution is 2.39. The van der Waals surface area contributed by atoms with Crippen LogP contribution in [0.2, 0.25) is 5.02 Å². The Hall–Kier alpha value is -3.44. The summed E-state index contributed by atoms with van der Waals surface area (Å²) in [7, 11) is 1.41. The first kappa shape index (κ1) is 26.6. The number of hydrogen-bond acceptors (Lipinski definition) is 4. The number of methoxy groups -OCH3 is 1. The predicted octanol–water partition coefficient (Wildman–Crippen LogP) is 7.19. The predicted molar refractivity (Wildman–Crippen MR) is 131 cm³/mol. The number of rotatable bonds is 6. The zero-order valence-electron chi connectivity index (χ0n) is 19.0. The van der Waals surface area contributed by atoms with Gasteiger partial charge in [-0.2, -0.15) is 10.1 Å². The Morgan fingerprint density at radius 3 is 2.30 bits per heavy atom. The summed E-state index contributed by atoms with van der Waals surface area (Å²) in [5, 5.41) is 4.41. The molecule has 1 heterocycles. The second-order valence-corrected chi connectivity index (χ2v) is 9.02. The van der Waals surface area contributed by atoms with Gasteiger partial charge in [-0.05, 0) is 64.3 Å². The van der Waals surface area contributed by atoms with Crippen molar-refractivity contribution in [3.8, 4) is 11.5 Å². The van der Waals surface area contributed by atoms with Gasteiger partial charge in [-0.1, -0.05) is 23.7 Å². The second kappa shape index (κ2) is 10.5. The SMILES string of the molecule is COc1cc(/C=C2\C(=O)N(c3c(F)c(F)c(F)c(F)c3F)N=C2C)cc(Br)c1OCc1cccc(Cl)c1. The lowest BCUT2D eigenvalue weighted by molar-refractivity contribution is -0.114. The van der Waals surface area contributed by atoms with Gasteiger partial charge in [0.2, 0.25) is 5.82 Å². The standard InChI is InChI=1S/C25H15BrClF5N2O3/c1-11-15(25(35)34(33-11)23-21(31)19(29)18(28)20(30)22(23)32)7-13-8-16(26)24(17(9-13)36-2)37-10-12-4-3-5-14(27)6-12/h3-9H,10H2,1-2H3/b15-7-. The molecule has 12 heteroatoms. The molecule has 0 unspecified atom stereocenters. The number of nitrogens with zero attached hydrogens (tertiary/aromatic N) is 2. The minimum Gasteiger partial charge on any atom is -0.493 e. The van der Waals surface area contributed by atoms with Crippen LogP contribution in [0.5, 0.6) is 11.5 Å². The largest absolute Gasteiger partial charge is 0.493 e. The minimum atomic E-state index is -2.34. The highest BCUT2D eigenvalue weighted by molar-refractivity contribution is 9.10. The number of hydrazone groups is 1. The molecule has 0 bridgehead atoms. The van der Waals surface area contributed by atoms with Crippen LogP contribution in [0.1, 0.15) is 18.1 Å². The van der Waals surface area contributed by atoms with Crippen LogP contribution in [0.4, 0.5) is 27.6 Å². The molecule has 0 spiro atoms. The molecular weight excluding hydrogens is 587 g/mol. The van der Waals surface area contributed by atoms with Crippen LogP contribution in [0.3, 0.4) is 0 Å². The Morgan fingerprint density at radius 2 is 1.68 bits per heavy atom. The Kier molecular flexibility index (Phi) is 7.56. The summed E-state index contributed by atoms with van der Waals surface area (Å²) in [6.45, 7) is 1.53. The lowest BCUT2D eigenvalue weighted by atomic mass is 10.1. The maximum Gasteiger partial charge on any atom is 0.280 e. The van der Waals surface area contributed by atoms with Gasteiger partial charge in [0.25, 0.3) is 5.91 Å². The molecule has 1 aliphatic heterocycles. The second-order valence-electron chi connectivity index (χ2n) is 7.73. The topological polar surface area (TPSA) is 51.1 Å². The van der Waals surface area contributed by atoms with Crippen molar-refractivity contribution in [1.29, 1.82) is 0 Å². The molecule has 1 amide bonds. The van der Waals surface area contributed by atoms with E-state index < -0.39 is 40.7 Å². The van der Waals surface area contributed by atoms with Gasteiger partial charge in [-0.3, -0.25) is 4.79 Å². The van der Waals surface area contributed by atoms with Crippen molar-refractivity contribution in [2.45, 2.75) is 13.5 Å². The molecule has 0 radical (unpaired) electrons. The van der Waals surface area contributed by atoms with E-state index in [0.717, 1.165) is 5.56 Å². The Bertz CT molecular complexity index is 1470. The number of benzene rings is 3. The minimum absolute atomic E-state index is 0.00897. The number of carbonyl (C=O) groups excluding carboxylic acids is 1. The van der Waals surface area contributed by atoms with E-state index in [0.29, 0.717) is 26.6 Å². The van der Waals surface area contributed by atoms with Crippen molar-refractivity contribution < 1.29 is 36.2 Å². The van der Waals surface area contributed by atoms with Gasteiger partial charge in [0.1, 0.15) is 12.3 Å². The van der Waals surface area contributed by atoms with E-state index in [1.807, 2.05) is 6.07 Å². The molecule has 1 aliphatic rings. The van der Waals surface area contributed by atoms with E-state index in [9.17, 15) is 26.7 Å². The van der Waals surface area contributed by atoms with Crippen molar-refractivity contribution >= 4 is 50.9 Å². The summed E-state index contributed by atoms with van der Waals surface area (Å²) in [4.78, 5) is 12.9. The molecule has 0 atom stereocenters. The summed E-state index contributed by atoms with van der Waals surface area (Å²) < 4.78 is 81.1. The van der Waals surface area contributed by atoms with E-state index in [2.05, 4.69) is 21.0 Å². The Morgan fingerprint density at radius 1 is 1.03 bits per heavy atom. The number of halogens is 7. The van der Waals surface area contributed by atoms with Gasteiger partial charge < -0.3 is 9.47 Å². The van der Waals surface area contributed by atoms with Crippen LogP contribution in [0.25, 0.3) is 6.08 Å². The van der Waals surface area contributed by atoms with Crippen molar-refractivity contribution in [2.24, 2.45) is 5.10 Å². The number of carbonyl (C=O) groups is 1. The van der Waals surface area contributed by atoms with Crippen LogP contribution in [0, 0.1) is 29.1 Å². The third kappa shape index (κ3) is 5.05. The molecule has 3 aromatic carbocycles. The van der Waals surface area contributed by atoms with E-state index in [1.165, 1.54) is 26.2 Å². The highest BCUT2D eigenvalue weighted by Gasteiger charge is 2.37. The van der Waals surface area contributed by atoms with Gasteiger partial charge in [-0.25, -0.2) is 22.0 Å². The lowest BCUT2D eigenvalue weighted by Gasteiger charge is -2.15.